The Kier molecular flexibility index (Phi) is 13.7. The molecule has 5 unspecified atom stereocenters. The molecule has 3 aliphatic rings. The smallest absolute Gasteiger partial charge is 0.161 e. The highest BCUT2D eigenvalue weighted by Gasteiger charge is 2.44. The third kappa shape index (κ3) is 9.78. The second kappa shape index (κ2) is 16.0. The van der Waals surface area contributed by atoms with E-state index in [0.29, 0.717) is 24.2 Å². The molecule has 4 heteroatoms. The summed E-state index contributed by atoms with van der Waals surface area (Å²) in [5.41, 5.74) is 0.831. The topological polar surface area (TPSA) is 50.1 Å². The maximum Gasteiger partial charge on any atom is 0.161 e. The summed E-state index contributed by atoms with van der Waals surface area (Å²) in [5.74, 6) is 1.03. The van der Waals surface area contributed by atoms with Gasteiger partial charge in [0.15, 0.2) is 5.78 Å². The zero-order valence-electron chi connectivity index (χ0n) is 20.6. The highest BCUT2D eigenvalue weighted by molar-refractivity contribution is 6.37. The summed E-state index contributed by atoms with van der Waals surface area (Å²) in [5, 5.41) is 9.45. The standard InChI is InChI=1S/C27H49NO2Si/c1-3-5-7-8-9-10-11-14-22(21-28)15-12-13-16-24(29)27-23-17-18-25(30-27)26(20-23)31-19-6-4-2/h22-23,25-27H,3-20,31H2,1-2H3. The summed E-state index contributed by atoms with van der Waals surface area (Å²) in [6, 6.07) is 3.96. The SMILES string of the molecule is CCCCCCCCCC(C#N)CCCCC(=O)C1OC2CCC1CC2[SiH2]CCCC. The molecule has 1 aliphatic carbocycles. The first kappa shape index (κ1) is 26.6. The fourth-order valence-electron chi connectivity index (χ4n) is 5.78. The molecule has 2 aliphatic heterocycles. The number of rotatable bonds is 18. The van der Waals surface area contributed by atoms with Gasteiger partial charge in [0.05, 0.1) is 12.2 Å². The maximum atomic E-state index is 12.8. The van der Waals surface area contributed by atoms with Crippen LogP contribution in [0.5, 0.6) is 0 Å². The molecule has 0 N–H and O–H groups in total. The van der Waals surface area contributed by atoms with E-state index in [1.807, 2.05) is 0 Å². The normalized spacial score (nSPS) is 26.4. The third-order valence-electron chi connectivity index (χ3n) is 7.76. The highest BCUT2D eigenvalue weighted by atomic mass is 28.2. The van der Waals surface area contributed by atoms with E-state index < -0.39 is 0 Å². The second-order valence-corrected chi connectivity index (χ2v) is 12.7. The van der Waals surface area contributed by atoms with Gasteiger partial charge in [-0.1, -0.05) is 84.1 Å². The fraction of sp³-hybridized carbons (Fsp3) is 0.926. The van der Waals surface area contributed by atoms with Crippen molar-refractivity contribution in [3.63, 3.8) is 0 Å². The lowest BCUT2D eigenvalue weighted by atomic mass is 9.77. The van der Waals surface area contributed by atoms with Gasteiger partial charge in [0, 0.05) is 21.9 Å². The molecule has 2 bridgehead atoms. The molecule has 0 spiro atoms. The lowest BCUT2D eigenvalue weighted by Crippen LogP contribution is -2.49. The van der Waals surface area contributed by atoms with Gasteiger partial charge in [-0.05, 0) is 50.0 Å². The lowest BCUT2D eigenvalue weighted by Gasteiger charge is -2.47. The first-order valence-corrected chi connectivity index (χ1v) is 15.6. The van der Waals surface area contributed by atoms with Crippen molar-refractivity contribution in [3.8, 4) is 6.07 Å². The number of carbonyl (C=O) groups is 1. The number of hydrogen-bond acceptors (Lipinski definition) is 3. The molecule has 5 atom stereocenters. The van der Waals surface area contributed by atoms with Crippen LogP contribution in [0.1, 0.15) is 123 Å². The molecule has 0 radical (unpaired) electrons. The Bertz CT molecular complexity index is 532. The lowest BCUT2D eigenvalue weighted by molar-refractivity contribution is -0.158. The second-order valence-electron chi connectivity index (χ2n) is 10.4. The van der Waals surface area contributed by atoms with Gasteiger partial charge in [-0.25, -0.2) is 0 Å². The summed E-state index contributed by atoms with van der Waals surface area (Å²) in [6.45, 7) is 4.53. The first-order chi connectivity index (χ1) is 15.2. The maximum absolute atomic E-state index is 12.8. The monoisotopic (exact) mass is 447 g/mol. The summed E-state index contributed by atoms with van der Waals surface area (Å²) in [7, 11) is -0.0342. The van der Waals surface area contributed by atoms with E-state index in [9.17, 15) is 10.1 Å². The summed E-state index contributed by atoms with van der Waals surface area (Å²) in [4.78, 5) is 12.8. The average molecular weight is 448 g/mol. The van der Waals surface area contributed by atoms with Crippen molar-refractivity contribution in [3.05, 3.63) is 0 Å². The van der Waals surface area contributed by atoms with Crippen molar-refractivity contribution in [1.82, 2.24) is 0 Å². The quantitative estimate of drug-likeness (QED) is 0.166. The first-order valence-electron chi connectivity index (χ1n) is 13.8. The van der Waals surface area contributed by atoms with E-state index in [1.165, 1.54) is 83.1 Å². The van der Waals surface area contributed by atoms with Crippen molar-refractivity contribution in [2.75, 3.05) is 0 Å². The minimum Gasteiger partial charge on any atom is -0.367 e. The van der Waals surface area contributed by atoms with E-state index in [2.05, 4.69) is 19.9 Å². The Morgan fingerprint density at radius 3 is 2.29 bits per heavy atom. The number of unbranched alkanes of at least 4 members (excludes halogenated alkanes) is 8. The number of carbonyl (C=O) groups excluding carboxylic acids is 1. The molecule has 2 heterocycles. The van der Waals surface area contributed by atoms with Crippen LogP contribution in [0, 0.1) is 23.2 Å². The Morgan fingerprint density at radius 2 is 1.65 bits per heavy atom. The van der Waals surface area contributed by atoms with Crippen molar-refractivity contribution >= 4 is 15.3 Å². The molecule has 3 nitrogen and oxygen atoms in total. The highest BCUT2D eigenvalue weighted by Crippen LogP contribution is 2.44. The van der Waals surface area contributed by atoms with Crippen LogP contribution < -0.4 is 0 Å². The van der Waals surface area contributed by atoms with Crippen molar-refractivity contribution < 1.29 is 9.53 Å². The van der Waals surface area contributed by atoms with Gasteiger partial charge >= 0.3 is 0 Å². The predicted octanol–water partition coefficient (Wildman–Crippen LogP) is 7.14. The van der Waals surface area contributed by atoms with Crippen LogP contribution in [0.3, 0.4) is 0 Å². The van der Waals surface area contributed by atoms with Crippen LogP contribution in [-0.2, 0) is 9.53 Å². The number of nitrogens with zero attached hydrogens (tertiary/aromatic N) is 1. The Morgan fingerprint density at radius 1 is 0.968 bits per heavy atom. The Balaban J connectivity index is 1.56. The van der Waals surface area contributed by atoms with E-state index >= 15 is 0 Å². The molecule has 0 aromatic heterocycles. The van der Waals surface area contributed by atoms with Crippen molar-refractivity contribution in [1.29, 1.82) is 5.26 Å². The average Bonchev–Trinajstić information content (AvgIpc) is 2.80. The molecule has 3 fully saturated rings. The van der Waals surface area contributed by atoms with E-state index in [4.69, 9.17) is 4.74 Å². The molecular weight excluding hydrogens is 398 g/mol. The number of hydrogen-bond donors (Lipinski definition) is 0. The fourth-order valence-corrected chi connectivity index (χ4v) is 8.47. The van der Waals surface area contributed by atoms with Gasteiger partial charge < -0.3 is 4.74 Å². The number of nitriles is 1. The predicted molar refractivity (Wildman–Crippen MR) is 133 cm³/mol. The van der Waals surface area contributed by atoms with E-state index in [1.54, 1.807) is 0 Å². The number of ketones is 1. The van der Waals surface area contributed by atoms with Gasteiger partial charge in [0.1, 0.15) is 6.10 Å². The summed E-state index contributed by atoms with van der Waals surface area (Å²) >= 11 is 0. The molecule has 1 saturated carbocycles. The molecule has 0 amide bonds. The van der Waals surface area contributed by atoms with Crippen molar-refractivity contribution in [2.24, 2.45) is 11.8 Å². The zero-order chi connectivity index (χ0) is 22.3. The van der Waals surface area contributed by atoms with E-state index in [-0.39, 0.29) is 21.5 Å². The van der Waals surface area contributed by atoms with Crippen LogP contribution >= 0.6 is 0 Å². The third-order valence-corrected chi connectivity index (χ3v) is 10.3. The Labute approximate surface area is 194 Å². The van der Waals surface area contributed by atoms with E-state index in [0.717, 1.165) is 31.2 Å². The molecule has 178 valence electrons. The number of ether oxygens (including phenoxy) is 1. The number of Topliss-reactive ketones (excluding diaryl/α,β-unsaturated/α-hetero) is 1. The van der Waals surface area contributed by atoms with Gasteiger partial charge in [-0.2, -0.15) is 5.26 Å². The summed E-state index contributed by atoms with van der Waals surface area (Å²) in [6.07, 6.45) is 20.4. The van der Waals surface area contributed by atoms with Crippen LogP contribution in [0.25, 0.3) is 0 Å². The minimum atomic E-state index is -0.102. The molecule has 3 rings (SSSR count). The van der Waals surface area contributed by atoms with Crippen molar-refractivity contribution in [2.45, 2.75) is 147 Å². The van der Waals surface area contributed by atoms with Gasteiger partial charge in [-0.3, -0.25) is 4.79 Å². The van der Waals surface area contributed by atoms with Gasteiger partial charge in [0.25, 0.3) is 0 Å². The molecule has 0 aromatic rings. The van der Waals surface area contributed by atoms with Crippen LogP contribution in [0.4, 0.5) is 0 Å². The molecule has 0 aromatic carbocycles. The van der Waals surface area contributed by atoms with Crippen LogP contribution in [0.15, 0.2) is 0 Å². The molecule has 2 saturated heterocycles. The van der Waals surface area contributed by atoms with Gasteiger partial charge in [0.2, 0.25) is 0 Å². The minimum absolute atomic E-state index is 0.0342. The largest absolute Gasteiger partial charge is 0.367 e. The zero-order valence-corrected chi connectivity index (χ0v) is 22.0. The van der Waals surface area contributed by atoms with Crippen LogP contribution in [0.2, 0.25) is 11.6 Å². The Hall–Kier alpha value is -0.663. The van der Waals surface area contributed by atoms with Crippen LogP contribution in [-0.4, -0.2) is 27.5 Å². The number of fused-ring (bicyclic) bond motifs is 3. The van der Waals surface area contributed by atoms with Gasteiger partial charge in [-0.15, -0.1) is 0 Å². The molecule has 31 heavy (non-hydrogen) atoms. The summed E-state index contributed by atoms with van der Waals surface area (Å²) < 4.78 is 6.32. The molecular formula is C27H49NO2Si.